The molecule has 1 fully saturated rings. The molecule has 0 spiro atoms. The molecule has 40 heavy (non-hydrogen) atoms. The van der Waals surface area contributed by atoms with Crippen LogP contribution in [-0.2, 0) is 45.4 Å². The van der Waals surface area contributed by atoms with Crippen molar-refractivity contribution in [3.05, 3.63) is 144 Å². The highest BCUT2D eigenvalue weighted by Gasteiger charge is 2.47. The predicted molar refractivity (Wildman–Crippen MR) is 159 cm³/mol. The van der Waals surface area contributed by atoms with Gasteiger partial charge in [-0.05, 0) is 22.3 Å². The zero-order valence-electron chi connectivity index (χ0n) is 22.5. The number of aliphatic hydroxyl groups excluding tert-OH is 1. The highest BCUT2D eigenvalue weighted by atomic mass is 32.2. The summed E-state index contributed by atoms with van der Waals surface area (Å²) < 4.78 is 25.7. The van der Waals surface area contributed by atoms with Crippen LogP contribution in [0, 0.1) is 0 Å². The molecule has 0 saturated carbocycles. The van der Waals surface area contributed by atoms with E-state index < -0.39 is 17.6 Å². The van der Waals surface area contributed by atoms with Gasteiger partial charge in [0.1, 0.15) is 23.7 Å². The molecule has 1 heterocycles. The van der Waals surface area contributed by atoms with Crippen molar-refractivity contribution < 1.29 is 24.1 Å². The van der Waals surface area contributed by atoms with Crippen molar-refractivity contribution in [1.82, 2.24) is 0 Å². The Balaban J connectivity index is 1.36. The van der Waals surface area contributed by atoms with Crippen molar-refractivity contribution in [1.29, 1.82) is 0 Å². The van der Waals surface area contributed by atoms with Crippen LogP contribution >= 0.6 is 11.8 Å². The number of rotatable bonds is 13. The number of benzene rings is 4. The lowest BCUT2D eigenvalue weighted by Gasteiger charge is -2.44. The molecule has 4 aromatic rings. The lowest BCUT2D eigenvalue weighted by molar-refractivity contribution is -0.175. The summed E-state index contributed by atoms with van der Waals surface area (Å²) in [5.74, 6) is 0. The van der Waals surface area contributed by atoms with E-state index >= 15 is 0 Å². The Labute approximate surface area is 241 Å². The Bertz CT molecular complexity index is 1240. The van der Waals surface area contributed by atoms with Gasteiger partial charge in [0, 0.05) is 0 Å². The van der Waals surface area contributed by atoms with E-state index in [2.05, 4.69) is 12.1 Å². The smallest absolute Gasteiger partial charge is 0.129 e. The van der Waals surface area contributed by atoms with Crippen LogP contribution in [0.3, 0.4) is 0 Å². The van der Waals surface area contributed by atoms with E-state index in [1.807, 2.05) is 109 Å². The molecule has 0 aliphatic carbocycles. The van der Waals surface area contributed by atoms with E-state index in [-0.39, 0.29) is 11.4 Å². The molecule has 4 aromatic carbocycles. The van der Waals surface area contributed by atoms with Crippen LogP contribution in [0.15, 0.2) is 121 Å². The summed E-state index contributed by atoms with van der Waals surface area (Å²) in [6.45, 7) is 2.08. The molecule has 1 unspecified atom stereocenters. The number of aliphatic hydroxyl groups is 1. The van der Waals surface area contributed by atoms with Gasteiger partial charge in [0.15, 0.2) is 0 Å². The maximum Gasteiger partial charge on any atom is 0.129 e. The van der Waals surface area contributed by atoms with E-state index in [0.29, 0.717) is 33.0 Å². The Morgan fingerprint density at radius 3 is 1.30 bits per heavy atom. The molecule has 208 valence electrons. The molecule has 1 saturated heterocycles. The minimum atomic E-state index is -0.800. The van der Waals surface area contributed by atoms with Crippen LogP contribution in [-0.4, -0.2) is 40.7 Å². The quantitative estimate of drug-likeness (QED) is 0.206. The van der Waals surface area contributed by atoms with Crippen LogP contribution in [0.1, 0.15) is 22.3 Å². The van der Waals surface area contributed by atoms with Crippen molar-refractivity contribution in [2.45, 2.75) is 55.4 Å². The van der Waals surface area contributed by atoms with Crippen molar-refractivity contribution in [2.75, 3.05) is 6.61 Å². The SMILES string of the molecule is OC1S[C@H](COCc2ccccc2)[C@@H](OCc2ccccc2)[C@H](OCc2ccccc2)[C@H]1OCc1ccccc1. The fourth-order valence-electron chi connectivity index (χ4n) is 4.77. The Morgan fingerprint density at radius 1 is 0.475 bits per heavy atom. The normalized spacial score (nSPS) is 22.7. The topological polar surface area (TPSA) is 57.2 Å². The van der Waals surface area contributed by atoms with Crippen molar-refractivity contribution >= 4 is 11.8 Å². The van der Waals surface area contributed by atoms with Crippen molar-refractivity contribution in [3.8, 4) is 0 Å². The highest BCUT2D eigenvalue weighted by Crippen LogP contribution is 2.38. The maximum atomic E-state index is 11.4. The van der Waals surface area contributed by atoms with E-state index in [1.165, 1.54) is 11.8 Å². The molecule has 0 bridgehead atoms. The molecule has 5 rings (SSSR count). The summed E-state index contributed by atoms with van der Waals surface area (Å²) in [7, 11) is 0. The number of hydrogen-bond acceptors (Lipinski definition) is 6. The number of thioether (sulfide) groups is 1. The number of hydrogen-bond donors (Lipinski definition) is 1. The van der Waals surface area contributed by atoms with E-state index in [0.717, 1.165) is 22.3 Å². The first kappa shape index (κ1) is 28.6. The largest absolute Gasteiger partial charge is 0.380 e. The molecule has 1 aliphatic rings. The second-order valence-electron chi connectivity index (χ2n) is 9.85. The fraction of sp³-hybridized carbons (Fsp3) is 0.294. The van der Waals surface area contributed by atoms with Crippen molar-refractivity contribution in [2.24, 2.45) is 0 Å². The van der Waals surface area contributed by atoms with Crippen LogP contribution in [0.25, 0.3) is 0 Å². The van der Waals surface area contributed by atoms with E-state index in [9.17, 15) is 5.11 Å². The highest BCUT2D eigenvalue weighted by molar-refractivity contribution is 8.00. The first-order valence-electron chi connectivity index (χ1n) is 13.7. The number of ether oxygens (including phenoxy) is 4. The predicted octanol–water partition coefficient (Wildman–Crippen LogP) is 6.39. The summed E-state index contributed by atoms with van der Waals surface area (Å²) in [5.41, 5.74) is 3.47. The van der Waals surface area contributed by atoms with E-state index in [1.54, 1.807) is 0 Å². The third-order valence-corrected chi connectivity index (χ3v) is 8.16. The monoisotopic (exact) mass is 556 g/mol. The minimum absolute atomic E-state index is 0.153. The molecule has 5 nitrogen and oxygen atoms in total. The maximum absolute atomic E-state index is 11.4. The Hall–Kier alpha value is -2.97. The molecule has 1 N–H and O–H groups in total. The van der Waals surface area contributed by atoms with Gasteiger partial charge >= 0.3 is 0 Å². The Morgan fingerprint density at radius 2 is 0.850 bits per heavy atom. The zero-order valence-corrected chi connectivity index (χ0v) is 23.3. The first-order chi connectivity index (χ1) is 19.8. The summed E-state index contributed by atoms with van der Waals surface area (Å²) in [6.07, 6.45) is -1.46. The lowest BCUT2D eigenvalue weighted by Crippen LogP contribution is -2.57. The van der Waals surface area contributed by atoms with Gasteiger partial charge in [0.05, 0.1) is 38.3 Å². The molecule has 5 atom stereocenters. The molecular weight excluding hydrogens is 520 g/mol. The molecule has 0 aromatic heterocycles. The van der Waals surface area contributed by atoms with Gasteiger partial charge < -0.3 is 24.1 Å². The van der Waals surface area contributed by atoms with Gasteiger partial charge in [-0.15, -0.1) is 11.8 Å². The summed E-state index contributed by atoms with van der Waals surface area (Å²) in [6, 6.07) is 40.3. The summed E-state index contributed by atoms with van der Waals surface area (Å²) in [5, 5.41) is 11.2. The molecule has 0 amide bonds. The van der Waals surface area contributed by atoms with Crippen LogP contribution in [0.2, 0.25) is 0 Å². The van der Waals surface area contributed by atoms with Crippen LogP contribution in [0.4, 0.5) is 0 Å². The third kappa shape index (κ3) is 8.27. The van der Waals surface area contributed by atoms with Crippen LogP contribution < -0.4 is 0 Å². The van der Waals surface area contributed by atoms with Gasteiger partial charge in [-0.3, -0.25) is 0 Å². The average molecular weight is 557 g/mol. The minimum Gasteiger partial charge on any atom is -0.380 e. The van der Waals surface area contributed by atoms with Gasteiger partial charge in [-0.1, -0.05) is 121 Å². The van der Waals surface area contributed by atoms with E-state index in [4.69, 9.17) is 18.9 Å². The summed E-state index contributed by atoms with van der Waals surface area (Å²) in [4.78, 5) is 0. The second-order valence-corrected chi connectivity index (χ2v) is 11.2. The molecule has 6 heteroatoms. The third-order valence-electron chi connectivity index (χ3n) is 6.86. The first-order valence-corrected chi connectivity index (χ1v) is 14.6. The van der Waals surface area contributed by atoms with Gasteiger partial charge in [0.2, 0.25) is 0 Å². The molecule has 0 radical (unpaired) electrons. The van der Waals surface area contributed by atoms with Crippen LogP contribution in [0.5, 0.6) is 0 Å². The Kier molecular flexibility index (Phi) is 10.8. The zero-order chi connectivity index (χ0) is 27.4. The van der Waals surface area contributed by atoms with Crippen molar-refractivity contribution in [3.63, 3.8) is 0 Å². The molecule has 1 aliphatic heterocycles. The molecular formula is C34H36O5S. The second kappa shape index (κ2) is 15.1. The lowest BCUT2D eigenvalue weighted by atomic mass is 10.0. The standard InChI is InChI=1S/C34H36O5S/c35-34-33(39-24-29-19-11-4-12-20-29)32(38-23-28-17-9-3-10-18-28)31(37-22-27-15-7-2-8-16-27)30(40-34)25-36-21-26-13-5-1-6-14-26/h1-20,30-35H,21-25H2/t30-,31-,32+,33-,34?/m1/s1. The summed E-state index contributed by atoms with van der Waals surface area (Å²) >= 11 is 1.43. The average Bonchev–Trinajstić information content (AvgIpc) is 3.01. The van der Waals surface area contributed by atoms with Gasteiger partial charge in [-0.25, -0.2) is 0 Å². The van der Waals surface area contributed by atoms with Gasteiger partial charge in [-0.2, -0.15) is 0 Å². The fourth-order valence-corrected chi connectivity index (χ4v) is 6.07. The van der Waals surface area contributed by atoms with Gasteiger partial charge in [0.25, 0.3) is 0 Å².